The maximum Gasteiger partial charge on any atom is 0.309 e. The zero-order chi connectivity index (χ0) is 17.5. The lowest BCUT2D eigenvalue weighted by molar-refractivity contribution is -0.212. The Kier molecular flexibility index (Phi) is 3.35. The van der Waals surface area contributed by atoms with Crippen LogP contribution >= 0.6 is 0 Å². The number of carbonyl (C=O) groups is 1. The van der Waals surface area contributed by atoms with Crippen LogP contribution in [0.2, 0.25) is 0 Å². The molecule has 4 fully saturated rings. The molecule has 4 saturated carbocycles. The summed E-state index contributed by atoms with van der Waals surface area (Å²) in [5.41, 5.74) is -0.331. The van der Waals surface area contributed by atoms with Crippen molar-refractivity contribution in [2.45, 2.75) is 71.0 Å². The van der Waals surface area contributed by atoms with Gasteiger partial charge in [-0.2, -0.15) is 0 Å². The summed E-state index contributed by atoms with van der Waals surface area (Å²) in [4.78, 5) is 12.1. The van der Waals surface area contributed by atoms with E-state index < -0.39 is 23.6 Å². The molecule has 8 atom stereocenters. The predicted octanol–water partition coefficient (Wildman–Crippen LogP) is 2.98. The zero-order valence-corrected chi connectivity index (χ0v) is 14.8. The minimum absolute atomic E-state index is 0.0202. The molecule has 4 aliphatic carbocycles. The number of hydrogen-bond donors (Lipinski definition) is 3. The number of carboxylic acids is 1. The van der Waals surface area contributed by atoms with Gasteiger partial charge in [0.1, 0.15) is 0 Å². The summed E-state index contributed by atoms with van der Waals surface area (Å²) in [6, 6.07) is 0. The second-order valence-electron chi connectivity index (χ2n) is 9.57. The van der Waals surface area contributed by atoms with E-state index in [1.165, 1.54) is 0 Å². The van der Waals surface area contributed by atoms with Crippen LogP contribution in [0.25, 0.3) is 0 Å². The van der Waals surface area contributed by atoms with Crippen LogP contribution in [0.15, 0.2) is 12.2 Å². The van der Waals surface area contributed by atoms with Crippen LogP contribution in [0.5, 0.6) is 0 Å². The van der Waals surface area contributed by atoms with Crippen molar-refractivity contribution in [3.63, 3.8) is 0 Å². The number of aliphatic hydroxyl groups excluding tert-OH is 2. The van der Waals surface area contributed by atoms with E-state index in [0.717, 1.165) is 44.1 Å². The van der Waals surface area contributed by atoms with Crippen LogP contribution in [0, 0.1) is 34.0 Å². The molecule has 1 spiro atoms. The summed E-state index contributed by atoms with van der Waals surface area (Å²) in [5, 5.41) is 31.9. The Balaban J connectivity index is 1.82. The first-order valence-electron chi connectivity index (χ1n) is 9.45. The van der Waals surface area contributed by atoms with Crippen molar-refractivity contribution in [3.05, 3.63) is 12.2 Å². The molecule has 134 valence electrons. The highest BCUT2D eigenvalue weighted by Crippen LogP contribution is 2.72. The van der Waals surface area contributed by atoms with Gasteiger partial charge in [-0.1, -0.05) is 19.9 Å². The van der Waals surface area contributed by atoms with Crippen LogP contribution in [-0.2, 0) is 4.79 Å². The van der Waals surface area contributed by atoms with Crippen molar-refractivity contribution in [3.8, 4) is 0 Å². The Bertz CT molecular complexity index is 600. The maximum atomic E-state index is 12.1. The average Bonchev–Trinajstić information content (AvgIpc) is 2.68. The molecule has 4 rings (SSSR count). The molecular formula is C20H30O4. The Hall–Kier alpha value is -0.870. The van der Waals surface area contributed by atoms with Gasteiger partial charge >= 0.3 is 5.97 Å². The largest absolute Gasteiger partial charge is 0.481 e. The van der Waals surface area contributed by atoms with E-state index in [0.29, 0.717) is 6.42 Å². The van der Waals surface area contributed by atoms with E-state index in [4.69, 9.17) is 0 Å². The lowest BCUT2D eigenvalue weighted by Gasteiger charge is -2.64. The van der Waals surface area contributed by atoms with Gasteiger partial charge < -0.3 is 15.3 Å². The maximum absolute atomic E-state index is 12.1. The van der Waals surface area contributed by atoms with Gasteiger partial charge in [-0.25, -0.2) is 0 Å². The Labute approximate surface area is 144 Å². The fourth-order valence-corrected chi connectivity index (χ4v) is 7.73. The second-order valence-corrected chi connectivity index (χ2v) is 9.57. The summed E-state index contributed by atoms with van der Waals surface area (Å²) in [5.74, 6) is -0.429. The Morgan fingerprint density at radius 2 is 1.92 bits per heavy atom. The van der Waals surface area contributed by atoms with E-state index in [9.17, 15) is 20.1 Å². The normalized spacial score (nSPS) is 56.5. The first kappa shape index (κ1) is 16.6. The molecule has 3 N–H and O–H groups in total. The van der Waals surface area contributed by atoms with E-state index in [-0.39, 0.29) is 28.6 Å². The lowest BCUT2D eigenvalue weighted by Crippen LogP contribution is -2.63. The standard InChI is InChI=1S/C20H30O4/c1-11-12-9-13(21)15-18(2)6-4-7-19(3,17(23)24)14(18)5-8-20(15,10-12)16(11)22/h12-16,21-22H,1,4-10H2,2-3H3,(H,23,24)/t12?,13?,14?,15?,16?,18-,19-,20-/m1/s1. The second kappa shape index (κ2) is 4.85. The molecule has 0 heterocycles. The summed E-state index contributed by atoms with van der Waals surface area (Å²) in [6.07, 6.45) is 4.80. The molecule has 0 amide bonds. The first-order chi connectivity index (χ1) is 11.2. The molecule has 0 saturated heterocycles. The van der Waals surface area contributed by atoms with Gasteiger partial charge in [-0.3, -0.25) is 4.79 Å². The minimum atomic E-state index is -0.717. The third kappa shape index (κ3) is 1.74. The SMILES string of the molecule is C=C1C2CC(O)C3[C@]4(C)CCC[C@@](C)(C(=O)O)C4CC[C@]3(C2)C1O. The highest BCUT2D eigenvalue weighted by Gasteiger charge is 2.69. The number of carboxylic acid groups (broad SMARTS) is 1. The Morgan fingerprint density at radius 3 is 2.58 bits per heavy atom. The van der Waals surface area contributed by atoms with Gasteiger partial charge in [-0.15, -0.1) is 0 Å². The van der Waals surface area contributed by atoms with Crippen molar-refractivity contribution >= 4 is 5.97 Å². The van der Waals surface area contributed by atoms with E-state index in [1.54, 1.807) is 0 Å². The van der Waals surface area contributed by atoms with Crippen molar-refractivity contribution in [2.24, 2.45) is 34.0 Å². The smallest absolute Gasteiger partial charge is 0.309 e. The van der Waals surface area contributed by atoms with Gasteiger partial charge in [0.2, 0.25) is 0 Å². The number of aliphatic hydroxyl groups is 2. The van der Waals surface area contributed by atoms with Crippen LogP contribution in [-0.4, -0.2) is 33.5 Å². The monoisotopic (exact) mass is 334 g/mol. The molecule has 0 aromatic carbocycles. The Morgan fingerprint density at radius 1 is 1.21 bits per heavy atom. The average molecular weight is 334 g/mol. The van der Waals surface area contributed by atoms with Crippen LogP contribution in [0.4, 0.5) is 0 Å². The third-order valence-electron chi connectivity index (χ3n) is 8.65. The van der Waals surface area contributed by atoms with Crippen LogP contribution < -0.4 is 0 Å². The summed E-state index contributed by atoms with van der Waals surface area (Å²) in [6.45, 7) is 8.22. The van der Waals surface area contributed by atoms with E-state index in [2.05, 4.69) is 13.5 Å². The molecule has 0 aliphatic heterocycles. The summed E-state index contributed by atoms with van der Waals surface area (Å²) >= 11 is 0. The van der Waals surface area contributed by atoms with Crippen molar-refractivity contribution in [2.75, 3.05) is 0 Å². The number of fused-ring (bicyclic) bond motifs is 3. The minimum Gasteiger partial charge on any atom is -0.481 e. The highest BCUT2D eigenvalue weighted by atomic mass is 16.4. The third-order valence-corrected chi connectivity index (χ3v) is 8.65. The van der Waals surface area contributed by atoms with Gasteiger partial charge in [0.25, 0.3) is 0 Å². The molecule has 4 aliphatic rings. The predicted molar refractivity (Wildman–Crippen MR) is 90.2 cm³/mol. The first-order valence-corrected chi connectivity index (χ1v) is 9.45. The molecule has 0 aromatic rings. The van der Waals surface area contributed by atoms with Gasteiger partial charge in [-0.05, 0) is 74.2 Å². The fraction of sp³-hybridized carbons (Fsp3) is 0.850. The molecular weight excluding hydrogens is 304 g/mol. The molecule has 4 nitrogen and oxygen atoms in total. The quantitative estimate of drug-likeness (QED) is 0.644. The van der Waals surface area contributed by atoms with Crippen LogP contribution in [0.3, 0.4) is 0 Å². The molecule has 2 bridgehead atoms. The molecule has 4 heteroatoms. The lowest BCUT2D eigenvalue weighted by atomic mass is 9.40. The van der Waals surface area contributed by atoms with Gasteiger partial charge in [0, 0.05) is 5.41 Å². The highest BCUT2D eigenvalue weighted by molar-refractivity contribution is 5.75. The molecule has 0 radical (unpaired) electrons. The van der Waals surface area contributed by atoms with Crippen molar-refractivity contribution in [1.82, 2.24) is 0 Å². The van der Waals surface area contributed by atoms with Gasteiger partial charge in [0.15, 0.2) is 0 Å². The zero-order valence-electron chi connectivity index (χ0n) is 14.8. The summed E-state index contributed by atoms with van der Waals surface area (Å²) < 4.78 is 0. The number of hydrogen-bond acceptors (Lipinski definition) is 3. The van der Waals surface area contributed by atoms with Crippen LogP contribution in [0.1, 0.15) is 58.8 Å². The summed E-state index contributed by atoms with van der Waals surface area (Å²) in [7, 11) is 0. The van der Waals surface area contributed by atoms with Crippen molar-refractivity contribution < 1.29 is 20.1 Å². The van der Waals surface area contributed by atoms with Gasteiger partial charge in [0.05, 0.1) is 17.6 Å². The molecule has 5 unspecified atom stereocenters. The fourth-order valence-electron chi connectivity index (χ4n) is 7.73. The molecule has 24 heavy (non-hydrogen) atoms. The topological polar surface area (TPSA) is 77.8 Å². The van der Waals surface area contributed by atoms with E-state index >= 15 is 0 Å². The van der Waals surface area contributed by atoms with E-state index in [1.807, 2.05) is 6.92 Å². The van der Waals surface area contributed by atoms with Crippen molar-refractivity contribution in [1.29, 1.82) is 0 Å². The number of rotatable bonds is 1. The number of aliphatic carboxylic acids is 1. The molecule has 0 aromatic heterocycles.